The molecule has 4 rings (SSSR count). The molecule has 0 saturated heterocycles. The van der Waals surface area contributed by atoms with Crippen molar-refractivity contribution in [2.24, 2.45) is 5.10 Å². The summed E-state index contributed by atoms with van der Waals surface area (Å²) in [5.74, 6) is 0.316. The Morgan fingerprint density at radius 3 is 2.38 bits per heavy atom. The zero-order valence-electron chi connectivity index (χ0n) is 15.3. The molecule has 0 fully saturated rings. The van der Waals surface area contributed by atoms with Gasteiger partial charge >= 0.3 is 6.03 Å². The number of fused-ring (bicyclic) bond motifs is 2. The molecule has 0 saturated carbocycles. The van der Waals surface area contributed by atoms with Gasteiger partial charge in [0.25, 0.3) is 0 Å². The number of amides is 2. The predicted molar refractivity (Wildman–Crippen MR) is 118 cm³/mol. The fourth-order valence-electron chi connectivity index (χ4n) is 2.96. The van der Waals surface area contributed by atoms with Gasteiger partial charge in [-0.2, -0.15) is 5.10 Å². The van der Waals surface area contributed by atoms with Crippen LogP contribution in [-0.2, 0) is 0 Å². The molecule has 0 aromatic heterocycles. The van der Waals surface area contributed by atoms with Gasteiger partial charge < -0.3 is 9.84 Å². The van der Waals surface area contributed by atoms with E-state index in [1.54, 1.807) is 28.8 Å². The number of halogens is 1. The number of hydrazone groups is 1. The number of hydrogen-bond acceptors (Lipinski definition) is 5. The summed E-state index contributed by atoms with van der Waals surface area (Å²) in [5, 5.41) is 14.0. The van der Waals surface area contributed by atoms with Crippen LogP contribution in [0, 0.1) is 0 Å². The van der Waals surface area contributed by atoms with Gasteiger partial charge in [-0.3, -0.25) is 4.90 Å². The molecule has 0 aliphatic carbocycles. The Balaban J connectivity index is 1.60. The molecule has 1 heterocycles. The van der Waals surface area contributed by atoms with Gasteiger partial charge in [0.15, 0.2) is 11.5 Å². The Morgan fingerprint density at radius 2 is 1.76 bits per heavy atom. The first kappa shape index (κ1) is 19.4. The number of carbonyl (C=O) groups excluding carboxylic acids is 1. The first-order valence-electron chi connectivity index (χ1n) is 8.64. The van der Waals surface area contributed by atoms with Crippen LogP contribution in [-0.4, -0.2) is 24.5 Å². The minimum atomic E-state index is -0.369. The van der Waals surface area contributed by atoms with E-state index in [0.29, 0.717) is 15.8 Å². The molecule has 2 amide bonds. The van der Waals surface area contributed by atoms with Crippen LogP contribution in [0.5, 0.6) is 11.5 Å². The van der Waals surface area contributed by atoms with Crippen LogP contribution >= 0.6 is 27.7 Å². The normalized spacial score (nSPS) is 12.4. The number of para-hydroxylation sites is 2. The van der Waals surface area contributed by atoms with Crippen molar-refractivity contribution >= 4 is 51.3 Å². The molecule has 0 radical (unpaired) electrons. The number of phenols is 1. The van der Waals surface area contributed by atoms with Crippen molar-refractivity contribution in [3.63, 3.8) is 0 Å². The number of methoxy groups -OCH3 is 1. The van der Waals surface area contributed by atoms with Crippen molar-refractivity contribution in [2.75, 3.05) is 12.0 Å². The van der Waals surface area contributed by atoms with E-state index in [9.17, 15) is 9.90 Å². The summed E-state index contributed by atoms with van der Waals surface area (Å²) in [7, 11) is 1.47. The topological polar surface area (TPSA) is 74.2 Å². The number of aromatic hydroxyl groups is 1. The lowest BCUT2D eigenvalue weighted by atomic mass is 10.2. The van der Waals surface area contributed by atoms with Crippen LogP contribution in [0.4, 0.5) is 16.2 Å². The standard InChI is InChI=1S/C21H16BrN3O3S/c1-28-17-11-13(10-14(22)20(17)26)12-23-24-21(27)25-15-6-2-4-8-18(15)29-19-9-5-3-7-16(19)25/h2-12,26H,1H3,(H,24,27)/b23-12+. The molecule has 6 nitrogen and oxygen atoms in total. The fourth-order valence-corrected chi connectivity index (χ4v) is 4.48. The number of anilines is 2. The molecule has 3 aromatic carbocycles. The van der Waals surface area contributed by atoms with Gasteiger partial charge in [0, 0.05) is 9.79 Å². The lowest BCUT2D eigenvalue weighted by Crippen LogP contribution is -2.35. The summed E-state index contributed by atoms with van der Waals surface area (Å²) in [4.78, 5) is 16.6. The maximum atomic E-state index is 13.0. The summed E-state index contributed by atoms with van der Waals surface area (Å²) in [6.45, 7) is 0. The largest absolute Gasteiger partial charge is 0.503 e. The summed E-state index contributed by atoms with van der Waals surface area (Å²) in [6.07, 6.45) is 1.49. The monoisotopic (exact) mass is 469 g/mol. The third-order valence-corrected chi connectivity index (χ3v) is 6.01. The summed E-state index contributed by atoms with van der Waals surface area (Å²) >= 11 is 4.90. The number of nitrogens with one attached hydrogen (secondary N) is 1. The van der Waals surface area contributed by atoms with Crippen molar-refractivity contribution in [3.8, 4) is 11.5 Å². The third kappa shape index (κ3) is 3.81. The minimum Gasteiger partial charge on any atom is -0.503 e. The fraction of sp³-hybridized carbons (Fsp3) is 0.0476. The van der Waals surface area contributed by atoms with Crippen molar-refractivity contribution in [2.45, 2.75) is 9.79 Å². The predicted octanol–water partition coefficient (Wildman–Crippen LogP) is 5.51. The first-order chi connectivity index (χ1) is 14.1. The molecule has 0 spiro atoms. The lowest BCUT2D eigenvalue weighted by molar-refractivity contribution is 0.249. The van der Waals surface area contributed by atoms with Crippen LogP contribution in [0.15, 0.2) is 80.0 Å². The van der Waals surface area contributed by atoms with E-state index in [4.69, 9.17) is 4.74 Å². The third-order valence-electron chi connectivity index (χ3n) is 4.28. The van der Waals surface area contributed by atoms with Crippen LogP contribution in [0.2, 0.25) is 0 Å². The van der Waals surface area contributed by atoms with Gasteiger partial charge in [-0.15, -0.1) is 0 Å². The number of phenolic OH excluding ortho intramolecular Hbond substituents is 1. The highest BCUT2D eigenvalue weighted by Gasteiger charge is 2.27. The Hall–Kier alpha value is -2.97. The molecule has 2 N–H and O–H groups in total. The summed E-state index contributed by atoms with van der Waals surface area (Å²) in [6, 6.07) is 18.4. The minimum absolute atomic E-state index is 0.00714. The first-order valence-corrected chi connectivity index (χ1v) is 10.2. The van der Waals surface area contributed by atoms with Crippen LogP contribution in [0.25, 0.3) is 0 Å². The van der Waals surface area contributed by atoms with Gasteiger partial charge in [0.2, 0.25) is 0 Å². The maximum absolute atomic E-state index is 13.0. The molecule has 1 aliphatic heterocycles. The molecular weight excluding hydrogens is 454 g/mol. The highest BCUT2D eigenvalue weighted by molar-refractivity contribution is 9.10. The van der Waals surface area contributed by atoms with Crippen molar-refractivity contribution in [1.82, 2.24) is 5.43 Å². The molecule has 0 unspecified atom stereocenters. The van der Waals surface area contributed by atoms with E-state index in [-0.39, 0.29) is 11.8 Å². The molecule has 29 heavy (non-hydrogen) atoms. The number of rotatable bonds is 3. The molecular formula is C21H16BrN3O3S. The molecule has 0 bridgehead atoms. The van der Waals surface area contributed by atoms with Crippen LogP contribution in [0.1, 0.15) is 5.56 Å². The Kier molecular flexibility index (Phi) is 5.46. The van der Waals surface area contributed by atoms with Crippen molar-refractivity contribution in [3.05, 3.63) is 70.7 Å². The molecule has 1 aliphatic rings. The Morgan fingerprint density at radius 1 is 1.14 bits per heavy atom. The highest BCUT2D eigenvalue weighted by Crippen LogP contribution is 2.47. The van der Waals surface area contributed by atoms with E-state index in [0.717, 1.165) is 21.2 Å². The van der Waals surface area contributed by atoms with E-state index in [1.165, 1.54) is 13.3 Å². The van der Waals surface area contributed by atoms with Crippen LogP contribution < -0.4 is 15.1 Å². The number of urea groups is 1. The Labute approximate surface area is 180 Å². The van der Waals surface area contributed by atoms with Gasteiger partial charge in [-0.05, 0) is 57.9 Å². The molecule has 0 atom stereocenters. The van der Waals surface area contributed by atoms with Crippen LogP contribution in [0.3, 0.4) is 0 Å². The number of benzene rings is 3. The van der Waals surface area contributed by atoms with Gasteiger partial charge in [-0.1, -0.05) is 36.0 Å². The zero-order chi connectivity index (χ0) is 20.4. The summed E-state index contributed by atoms with van der Waals surface area (Å²) < 4.78 is 5.60. The van der Waals surface area contributed by atoms with E-state index in [2.05, 4.69) is 26.5 Å². The number of ether oxygens (including phenoxy) is 1. The number of nitrogens with zero attached hydrogens (tertiary/aromatic N) is 2. The molecule has 3 aromatic rings. The molecule has 8 heteroatoms. The highest BCUT2D eigenvalue weighted by atomic mass is 79.9. The van der Waals surface area contributed by atoms with E-state index < -0.39 is 0 Å². The number of carbonyl (C=O) groups is 1. The van der Waals surface area contributed by atoms with E-state index >= 15 is 0 Å². The van der Waals surface area contributed by atoms with Crippen molar-refractivity contribution in [1.29, 1.82) is 0 Å². The lowest BCUT2D eigenvalue weighted by Gasteiger charge is -2.30. The second kappa shape index (κ2) is 8.18. The average Bonchev–Trinajstić information content (AvgIpc) is 2.74. The second-order valence-electron chi connectivity index (χ2n) is 6.10. The van der Waals surface area contributed by atoms with Crippen molar-refractivity contribution < 1.29 is 14.6 Å². The second-order valence-corrected chi connectivity index (χ2v) is 8.04. The molecule has 146 valence electrons. The average molecular weight is 470 g/mol. The van der Waals surface area contributed by atoms with Gasteiger partial charge in [0.1, 0.15) is 0 Å². The van der Waals surface area contributed by atoms with E-state index in [1.807, 2.05) is 48.5 Å². The number of hydrogen-bond donors (Lipinski definition) is 2. The Bertz CT molecular complexity index is 1070. The van der Waals surface area contributed by atoms with Gasteiger partial charge in [-0.25, -0.2) is 10.2 Å². The summed E-state index contributed by atoms with van der Waals surface area (Å²) in [5.41, 5.74) is 4.84. The quantitative estimate of drug-likeness (QED) is 0.391. The van der Waals surface area contributed by atoms with Gasteiger partial charge in [0.05, 0.1) is 29.2 Å². The maximum Gasteiger partial charge on any atom is 0.346 e. The smallest absolute Gasteiger partial charge is 0.346 e. The zero-order valence-corrected chi connectivity index (χ0v) is 17.7. The SMILES string of the molecule is COc1cc(/C=N/NC(=O)N2c3ccccc3Sc3ccccc32)cc(Br)c1O.